The molecule has 0 unspecified atom stereocenters. The van der Waals surface area contributed by atoms with Crippen molar-refractivity contribution in [3.05, 3.63) is 59.5 Å². The predicted octanol–water partition coefficient (Wildman–Crippen LogP) is 3.99. The van der Waals surface area contributed by atoms with Crippen molar-refractivity contribution in [3.63, 3.8) is 0 Å². The SMILES string of the molecule is O=c1ncc(-c2nccnc2Sc2ccc(SC(F)(F)F)cc2)c[nH]1. The summed E-state index contributed by atoms with van der Waals surface area (Å²) in [7, 11) is 0. The lowest BCUT2D eigenvalue weighted by Gasteiger charge is -2.08. The molecule has 0 aliphatic rings. The lowest BCUT2D eigenvalue weighted by molar-refractivity contribution is -0.0328. The summed E-state index contributed by atoms with van der Waals surface area (Å²) in [5.41, 5.74) is -3.69. The van der Waals surface area contributed by atoms with Crippen LogP contribution in [0.15, 0.2) is 68.7 Å². The second kappa shape index (κ2) is 7.28. The van der Waals surface area contributed by atoms with Crippen molar-refractivity contribution < 1.29 is 13.2 Å². The van der Waals surface area contributed by atoms with E-state index >= 15 is 0 Å². The Morgan fingerprint density at radius 1 is 0.960 bits per heavy atom. The van der Waals surface area contributed by atoms with E-state index in [0.29, 0.717) is 21.2 Å². The minimum Gasteiger partial charge on any atom is -0.312 e. The highest BCUT2D eigenvalue weighted by Gasteiger charge is 2.29. The van der Waals surface area contributed by atoms with E-state index in [2.05, 4.69) is 19.9 Å². The molecule has 0 saturated heterocycles. The smallest absolute Gasteiger partial charge is 0.312 e. The molecule has 1 aromatic carbocycles. The zero-order valence-corrected chi connectivity index (χ0v) is 14.0. The fourth-order valence-electron chi connectivity index (χ4n) is 1.89. The van der Waals surface area contributed by atoms with Crippen LogP contribution in [0.25, 0.3) is 11.3 Å². The normalized spacial score (nSPS) is 11.5. The zero-order valence-electron chi connectivity index (χ0n) is 12.3. The molecule has 0 atom stereocenters. The summed E-state index contributed by atoms with van der Waals surface area (Å²) >= 11 is 1.09. The van der Waals surface area contributed by atoms with E-state index in [9.17, 15) is 18.0 Å². The first-order valence-electron chi connectivity index (χ1n) is 6.80. The van der Waals surface area contributed by atoms with Crippen LogP contribution >= 0.6 is 23.5 Å². The topological polar surface area (TPSA) is 71.5 Å². The molecule has 0 aliphatic heterocycles. The number of halogens is 3. The molecule has 2 aromatic heterocycles. The first kappa shape index (κ1) is 17.5. The number of aromatic amines is 1. The standard InChI is InChI=1S/C15H9F3N4OS2/c16-15(17,18)25-11-3-1-10(2-4-11)24-13-12(19-5-6-20-13)9-7-21-14(23)22-8-9/h1-8H,(H,21,22,23). The summed E-state index contributed by atoms with van der Waals surface area (Å²) in [4.78, 5) is 26.5. The van der Waals surface area contributed by atoms with Gasteiger partial charge in [-0.25, -0.2) is 14.8 Å². The number of aromatic nitrogens is 4. The molecule has 1 N–H and O–H groups in total. The second-order valence-corrected chi connectivity index (χ2v) is 6.84. The minimum atomic E-state index is -4.32. The van der Waals surface area contributed by atoms with Gasteiger partial charge < -0.3 is 4.98 Å². The Balaban J connectivity index is 1.84. The summed E-state index contributed by atoms with van der Waals surface area (Å²) in [6.45, 7) is 0. The van der Waals surface area contributed by atoms with Crippen LogP contribution in [0.2, 0.25) is 0 Å². The van der Waals surface area contributed by atoms with Crippen molar-refractivity contribution in [2.24, 2.45) is 0 Å². The van der Waals surface area contributed by atoms with Gasteiger partial charge in [-0.2, -0.15) is 13.2 Å². The maximum Gasteiger partial charge on any atom is 0.446 e. The summed E-state index contributed by atoms with van der Waals surface area (Å²) in [6, 6.07) is 5.97. The van der Waals surface area contributed by atoms with E-state index in [-0.39, 0.29) is 16.7 Å². The quantitative estimate of drug-likeness (QED) is 0.688. The summed E-state index contributed by atoms with van der Waals surface area (Å²) in [5, 5.41) is 0.549. The predicted molar refractivity (Wildman–Crippen MR) is 88.4 cm³/mol. The maximum absolute atomic E-state index is 12.4. The maximum atomic E-state index is 12.4. The number of hydrogen-bond acceptors (Lipinski definition) is 6. The monoisotopic (exact) mass is 382 g/mol. The molecule has 5 nitrogen and oxygen atoms in total. The van der Waals surface area contributed by atoms with Crippen molar-refractivity contribution in [1.82, 2.24) is 19.9 Å². The largest absolute Gasteiger partial charge is 0.446 e. The summed E-state index contributed by atoms with van der Waals surface area (Å²) < 4.78 is 37.1. The highest BCUT2D eigenvalue weighted by atomic mass is 32.2. The minimum absolute atomic E-state index is 0.112. The van der Waals surface area contributed by atoms with Crippen molar-refractivity contribution in [3.8, 4) is 11.3 Å². The number of alkyl halides is 3. The first-order chi connectivity index (χ1) is 11.9. The molecule has 128 valence electrons. The third-order valence-electron chi connectivity index (χ3n) is 2.88. The van der Waals surface area contributed by atoms with Gasteiger partial charge in [0.25, 0.3) is 0 Å². The molecule has 3 rings (SSSR count). The number of nitrogens with one attached hydrogen (secondary N) is 1. The molecule has 0 fully saturated rings. The molecular weight excluding hydrogens is 373 g/mol. The molecule has 0 radical (unpaired) electrons. The lowest BCUT2D eigenvalue weighted by atomic mass is 10.2. The van der Waals surface area contributed by atoms with E-state index < -0.39 is 11.2 Å². The third kappa shape index (κ3) is 4.83. The molecule has 3 aromatic rings. The van der Waals surface area contributed by atoms with Crippen LogP contribution in [0, 0.1) is 0 Å². The van der Waals surface area contributed by atoms with Crippen molar-refractivity contribution in [2.45, 2.75) is 20.3 Å². The highest BCUT2D eigenvalue weighted by Crippen LogP contribution is 2.38. The Morgan fingerprint density at radius 2 is 1.64 bits per heavy atom. The summed E-state index contributed by atoms with van der Waals surface area (Å²) in [6.07, 6.45) is 5.88. The van der Waals surface area contributed by atoms with Crippen LogP contribution in [0.1, 0.15) is 0 Å². The average Bonchev–Trinajstić information content (AvgIpc) is 2.57. The average molecular weight is 382 g/mol. The Hall–Kier alpha value is -2.33. The van der Waals surface area contributed by atoms with E-state index in [0.717, 1.165) is 0 Å². The molecule has 0 spiro atoms. The Morgan fingerprint density at radius 3 is 2.28 bits per heavy atom. The van der Waals surface area contributed by atoms with Gasteiger partial charge in [-0.1, -0.05) is 11.8 Å². The molecule has 0 saturated carbocycles. The molecule has 0 amide bonds. The Bertz CT molecular complexity index is 909. The molecule has 0 aliphatic carbocycles. The highest BCUT2D eigenvalue weighted by molar-refractivity contribution is 8.00. The van der Waals surface area contributed by atoms with Gasteiger partial charge in [-0.15, -0.1) is 0 Å². The second-order valence-electron chi connectivity index (χ2n) is 4.64. The van der Waals surface area contributed by atoms with Crippen LogP contribution in [0.4, 0.5) is 13.2 Å². The van der Waals surface area contributed by atoms with Gasteiger partial charge >= 0.3 is 11.2 Å². The number of thioether (sulfide) groups is 1. The van der Waals surface area contributed by atoms with Crippen LogP contribution in [-0.4, -0.2) is 25.4 Å². The van der Waals surface area contributed by atoms with E-state index in [4.69, 9.17) is 0 Å². The lowest BCUT2D eigenvalue weighted by Crippen LogP contribution is -2.08. The molecular formula is C15H9F3N4OS2. The van der Waals surface area contributed by atoms with E-state index in [1.165, 1.54) is 48.7 Å². The van der Waals surface area contributed by atoms with Gasteiger partial charge in [0.2, 0.25) is 0 Å². The van der Waals surface area contributed by atoms with Crippen molar-refractivity contribution in [2.75, 3.05) is 0 Å². The first-order valence-corrected chi connectivity index (χ1v) is 8.44. The van der Waals surface area contributed by atoms with Crippen LogP contribution in [-0.2, 0) is 0 Å². The Kier molecular flexibility index (Phi) is 5.09. The number of hydrogen-bond donors (Lipinski definition) is 1. The van der Waals surface area contributed by atoms with Gasteiger partial charge in [0, 0.05) is 40.1 Å². The molecule has 0 bridgehead atoms. The van der Waals surface area contributed by atoms with E-state index in [1.807, 2.05) is 0 Å². The summed E-state index contributed by atoms with van der Waals surface area (Å²) in [5.74, 6) is 0. The number of H-pyrrole nitrogens is 1. The van der Waals surface area contributed by atoms with E-state index in [1.54, 1.807) is 12.1 Å². The zero-order chi connectivity index (χ0) is 17.9. The fraction of sp³-hybridized carbons (Fsp3) is 0.0667. The van der Waals surface area contributed by atoms with Crippen LogP contribution in [0.5, 0.6) is 0 Å². The van der Waals surface area contributed by atoms with Crippen molar-refractivity contribution in [1.29, 1.82) is 0 Å². The molecule has 25 heavy (non-hydrogen) atoms. The number of nitrogens with zero attached hydrogens (tertiary/aromatic N) is 3. The molecule has 2 heterocycles. The number of rotatable bonds is 4. The van der Waals surface area contributed by atoms with Gasteiger partial charge in [0.15, 0.2) is 0 Å². The van der Waals surface area contributed by atoms with Crippen LogP contribution < -0.4 is 5.69 Å². The number of benzene rings is 1. The third-order valence-corrected chi connectivity index (χ3v) is 4.62. The molecule has 10 heteroatoms. The van der Waals surface area contributed by atoms with Crippen LogP contribution in [0.3, 0.4) is 0 Å². The van der Waals surface area contributed by atoms with Gasteiger partial charge in [0.1, 0.15) is 10.7 Å². The van der Waals surface area contributed by atoms with Gasteiger partial charge in [-0.05, 0) is 36.0 Å². The fourth-order valence-corrected chi connectivity index (χ4v) is 3.31. The van der Waals surface area contributed by atoms with Gasteiger partial charge in [-0.3, -0.25) is 4.98 Å². The Labute approximate surface area is 148 Å². The van der Waals surface area contributed by atoms with Crippen molar-refractivity contribution >= 4 is 23.5 Å². The van der Waals surface area contributed by atoms with Gasteiger partial charge in [0.05, 0.1) is 0 Å².